The van der Waals surface area contributed by atoms with Crippen LogP contribution in [0, 0.1) is 0 Å². The van der Waals surface area contributed by atoms with E-state index in [1.165, 1.54) is 0 Å². The molecule has 1 aliphatic heterocycles. The van der Waals surface area contributed by atoms with E-state index in [1.54, 1.807) is 11.3 Å². The highest BCUT2D eigenvalue weighted by molar-refractivity contribution is 7.19. The Hall–Kier alpha value is -1.56. The van der Waals surface area contributed by atoms with Crippen LogP contribution in [-0.4, -0.2) is 37.1 Å². The minimum Gasteiger partial charge on any atom is -0.325 e. The van der Waals surface area contributed by atoms with Gasteiger partial charge in [0, 0.05) is 23.7 Å². The van der Waals surface area contributed by atoms with Crippen LogP contribution in [0.5, 0.6) is 0 Å². The molecule has 2 N–H and O–H groups in total. The highest BCUT2D eigenvalue weighted by atomic mass is 35.5. The number of carbonyl (C=O) groups excluding carboxylic acids is 1. The van der Waals surface area contributed by atoms with Crippen LogP contribution in [0.15, 0.2) is 36.4 Å². The molecule has 2 aromatic rings. The molecule has 1 fully saturated rings. The fourth-order valence-electron chi connectivity index (χ4n) is 2.76. The number of anilines is 1. The largest absolute Gasteiger partial charge is 0.325 e. The number of hydrogen-bond donors (Lipinski definition) is 2. The van der Waals surface area contributed by atoms with Crippen molar-refractivity contribution >= 4 is 34.7 Å². The van der Waals surface area contributed by atoms with Crippen LogP contribution >= 0.6 is 22.9 Å². The van der Waals surface area contributed by atoms with Crippen molar-refractivity contribution in [1.82, 2.24) is 10.2 Å². The summed E-state index contributed by atoms with van der Waals surface area (Å²) in [6.07, 6.45) is 2.00. The van der Waals surface area contributed by atoms with Crippen LogP contribution in [0.4, 0.5) is 10.5 Å². The van der Waals surface area contributed by atoms with Crippen molar-refractivity contribution in [2.75, 3.05) is 25.5 Å². The maximum absolute atomic E-state index is 12.3. The molecule has 0 saturated carbocycles. The Kier molecular flexibility index (Phi) is 5.20. The monoisotopic (exact) mass is 349 g/mol. The Morgan fingerprint density at radius 2 is 1.91 bits per heavy atom. The molecular weight excluding hydrogens is 330 g/mol. The zero-order chi connectivity index (χ0) is 16.2. The van der Waals surface area contributed by atoms with Gasteiger partial charge in [-0.15, -0.1) is 11.3 Å². The molecular formula is C17H20ClN3OS. The number of halogens is 1. The van der Waals surface area contributed by atoms with Crippen molar-refractivity contribution in [3.05, 3.63) is 40.7 Å². The van der Waals surface area contributed by atoms with Gasteiger partial charge in [0.15, 0.2) is 0 Å². The zero-order valence-electron chi connectivity index (χ0n) is 13.0. The number of rotatable bonds is 3. The lowest BCUT2D eigenvalue weighted by Gasteiger charge is -2.31. The lowest BCUT2D eigenvalue weighted by molar-refractivity contribution is 0.189. The smallest absolute Gasteiger partial charge is 0.321 e. The van der Waals surface area contributed by atoms with Crippen LogP contribution in [0.1, 0.15) is 12.8 Å². The molecule has 0 aliphatic carbocycles. The summed E-state index contributed by atoms with van der Waals surface area (Å²) < 4.78 is 0.779. The first-order valence-electron chi connectivity index (χ1n) is 7.74. The van der Waals surface area contributed by atoms with Crippen molar-refractivity contribution < 1.29 is 4.79 Å². The lowest BCUT2D eigenvalue weighted by Crippen LogP contribution is -2.45. The first kappa shape index (κ1) is 16.3. The van der Waals surface area contributed by atoms with Gasteiger partial charge in [0.25, 0.3) is 0 Å². The summed E-state index contributed by atoms with van der Waals surface area (Å²) in [5.41, 5.74) is 1.91. The van der Waals surface area contributed by atoms with E-state index in [9.17, 15) is 4.79 Å². The predicted molar refractivity (Wildman–Crippen MR) is 97.4 cm³/mol. The van der Waals surface area contributed by atoms with Gasteiger partial charge in [-0.1, -0.05) is 23.7 Å². The average molecular weight is 350 g/mol. The van der Waals surface area contributed by atoms with E-state index < -0.39 is 0 Å². The summed E-state index contributed by atoms with van der Waals surface area (Å²) >= 11 is 7.52. The van der Waals surface area contributed by atoms with Crippen molar-refractivity contribution in [3.8, 4) is 10.4 Å². The number of hydrogen-bond acceptors (Lipinski definition) is 3. The molecule has 1 aliphatic rings. The van der Waals surface area contributed by atoms with Gasteiger partial charge in [-0.05, 0) is 55.8 Å². The third kappa shape index (κ3) is 4.05. The zero-order valence-corrected chi connectivity index (χ0v) is 14.6. The summed E-state index contributed by atoms with van der Waals surface area (Å²) in [6, 6.07) is 12.0. The highest BCUT2D eigenvalue weighted by Crippen LogP contribution is 2.31. The third-order valence-corrected chi connectivity index (χ3v) is 5.45. The molecule has 3 rings (SSSR count). The number of piperidine rings is 1. The Morgan fingerprint density at radius 3 is 2.52 bits per heavy atom. The third-order valence-electron chi connectivity index (χ3n) is 4.17. The maximum atomic E-state index is 12.3. The van der Waals surface area contributed by atoms with E-state index in [2.05, 4.69) is 10.6 Å². The van der Waals surface area contributed by atoms with Crippen LogP contribution in [0.3, 0.4) is 0 Å². The van der Waals surface area contributed by atoms with E-state index >= 15 is 0 Å². The molecule has 0 atom stereocenters. The van der Waals surface area contributed by atoms with Gasteiger partial charge in [-0.25, -0.2) is 4.79 Å². The van der Waals surface area contributed by atoms with Gasteiger partial charge in [-0.2, -0.15) is 0 Å². The van der Waals surface area contributed by atoms with Crippen LogP contribution < -0.4 is 10.6 Å². The molecule has 1 saturated heterocycles. The summed E-state index contributed by atoms with van der Waals surface area (Å²) in [7, 11) is 1.87. The van der Waals surface area contributed by atoms with E-state index in [-0.39, 0.29) is 6.03 Å². The number of thiophene rings is 1. The van der Waals surface area contributed by atoms with Crippen molar-refractivity contribution in [1.29, 1.82) is 0 Å². The van der Waals surface area contributed by atoms with Crippen LogP contribution in [0.25, 0.3) is 10.4 Å². The average Bonchev–Trinajstić information content (AvgIpc) is 3.02. The normalized spacial score (nSPS) is 15.4. The second kappa shape index (κ2) is 7.34. The molecule has 0 unspecified atom stereocenters. The van der Waals surface area contributed by atoms with Crippen LogP contribution in [0.2, 0.25) is 4.34 Å². The van der Waals surface area contributed by atoms with Crippen molar-refractivity contribution in [2.24, 2.45) is 0 Å². The Labute approximate surface area is 145 Å². The van der Waals surface area contributed by atoms with E-state index in [0.717, 1.165) is 46.4 Å². The topological polar surface area (TPSA) is 44.4 Å². The standard InChI is InChI=1S/C17H20ClN3OS/c1-21(14-8-10-19-11-9-14)17(22)20-13-4-2-12(3-5-13)15-6-7-16(18)23-15/h2-7,14,19H,8-11H2,1H3,(H,20,22). The SMILES string of the molecule is CN(C(=O)Nc1ccc(-c2ccc(Cl)s2)cc1)C1CCNCC1. The molecule has 0 radical (unpaired) electrons. The Morgan fingerprint density at radius 1 is 1.22 bits per heavy atom. The van der Waals surface area contributed by atoms with E-state index in [1.807, 2.05) is 48.3 Å². The van der Waals surface area contributed by atoms with Gasteiger partial charge in [0.1, 0.15) is 0 Å². The minimum atomic E-state index is -0.0520. The lowest BCUT2D eigenvalue weighted by atomic mass is 10.1. The second-order valence-electron chi connectivity index (χ2n) is 5.70. The predicted octanol–water partition coefficient (Wildman–Crippen LogP) is 4.28. The van der Waals surface area contributed by atoms with Crippen LogP contribution in [-0.2, 0) is 0 Å². The molecule has 2 amide bonds. The molecule has 6 heteroatoms. The maximum Gasteiger partial charge on any atom is 0.321 e. The fourth-order valence-corrected chi connectivity index (χ4v) is 3.81. The molecule has 0 bridgehead atoms. The van der Waals surface area contributed by atoms with Gasteiger partial charge < -0.3 is 15.5 Å². The molecule has 122 valence electrons. The van der Waals surface area contributed by atoms with Gasteiger partial charge in [0.05, 0.1) is 4.34 Å². The van der Waals surface area contributed by atoms with Gasteiger partial charge in [0.2, 0.25) is 0 Å². The first-order chi connectivity index (χ1) is 11.1. The van der Waals surface area contributed by atoms with Gasteiger partial charge in [-0.3, -0.25) is 0 Å². The number of nitrogens with one attached hydrogen (secondary N) is 2. The molecule has 1 aromatic heterocycles. The fraction of sp³-hybridized carbons (Fsp3) is 0.353. The quantitative estimate of drug-likeness (QED) is 0.868. The molecule has 0 spiro atoms. The summed E-state index contributed by atoms with van der Waals surface area (Å²) in [5.74, 6) is 0. The number of benzene rings is 1. The number of urea groups is 1. The Bertz CT molecular complexity index is 665. The summed E-state index contributed by atoms with van der Waals surface area (Å²) in [4.78, 5) is 15.3. The number of carbonyl (C=O) groups is 1. The second-order valence-corrected chi connectivity index (χ2v) is 7.42. The molecule has 23 heavy (non-hydrogen) atoms. The van der Waals surface area contributed by atoms with Crippen molar-refractivity contribution in [2.45, 2.75) is 18.9 Å². The summed E-state index contributed by atoms with van der Waals surface area (Å²) in [6.45, 7) is 1.95. The summed E-state index contributed by atoms with van der Waals surface area (Å²) in [5, 5.41) is 6.28. The highest BCUT2D eigenvalue weighted by Gasteiger charge is 2.21. The minimum absolute atomic E-state index is 0.0520. The van der Waals surface area contributed by atoms with E-state index in [4.69, 9.17) is 11.6 Å². The first-order valence-corrected chi connectivity index (χ1v) is 8.93. The number of amides is 2. The molecule has 2 heterocycles. The number of nitrogens with zero attached hydrogens (tertiary/aromatic N) is 1. The van der Waals surface area contributed by atoms with Crippen molar-refractivity contribution in [3.63, 3.8) is 0 Å². The van der Waals surface area contributed by atoms with Gasteiger partial charge >= 0.3 is 6.03 Å². The molecule has 4 nitrogen and oxygen atoms in total. The Balaban J connectivity index is 1.62. The molecule has 1 aromatic carbocycles. The van der Waals surface area contributed by atoms with E-state index in [0.29, 0.717) is 6.04 Å².